The maximum atomic E-state index is 12.1. The molecule has 0 saturated carbocycles. The van der Waals surface area contributed by atoms with Crippen molar-refractivity contribution in [2.45, 2.75) is 38.9 Å². The first kappa shape index (κ1) is 15.7. The summed E-state index contributed by atoms with van der Waals surface area (Å²) in [6.07, 6.45) is 2.11. The van der Waals surface area contributed by atoms with E-state index >= 15 is 0 Å². The van der Waals surface area contributed by atoms with Crippen molar-refractivity contribution in [2.75, 3.05) is 19.6 Å². The van der Waals surface area contributed by atoms with Crippen LogP contribution in [0.4, 0.5) is 0 Å². The zero-order valence-corrected chi connectivity index (χ0v) is 13.7. The van der Waals surface area contributed by atoms with Crippen LogP contribution in [-0.4, -0.2) is 42.5 Å². The monoisotopic (exact) mass is 339 g/mol. The standard InChI is InChI=1S/C16H22BrNO2/c1-12-10-18(11-13(2)20-12)9-3-4-16(19)14-5-7-15(17)8-6-14/h5-8,12-13H,3-4,9-11H2,1-2H3. The minimum atomic E-state index is 0.229. The number of hydrogen-bond acceptors (Lipinski definition) is 3. The smallest absolute Gasteiger partial charge is 0.162 e. The predicted molar refractivity (Wildman–Crippen MR) is 84.2 cm³/mol. The third kappa shape index (κ3) is 4.69. The summed E-state index contributed by atoms with van der Waals surface area (Å²) < 4.78 is 6.72. The first-order valence-electron chi connectivity index (χ1n) is 7.21. The highest BCUT2D eigenvalue weighted by Crippen LogP contribution is 2.14. The van der Waals surface area contributed by atoms with Gasteiger partial charge >= 0.3 is 0 Å². The SMILES string of the molecule is CC1CN(CCCC(=O)c2ccc(Br)cc2)CC(C)O1. The van der Waals surface area contributed by atoms with Crippen molar-refractivity contribution < 1.29 is 9.53 Å². The lowest BCUT2D eigenvalue weighted by Crippen LogP contribution is -2.45. The molecule has 2 unspecified atom stereocenters. The van der Waals surface area contributed by atoms with Gasteiger partial charge in [0.25, 0.3) is 0 Å². The highest BCUT2D eigenvalue weighted by Gasteiger charge is 2.21. The van der Waals surface area contributed by atoms with Gasteiger partial charge in [0.05, 0.1) is 12.2 Å². The average Bonchev–Trinajstić information content (AvgIpc) is 2.38. The van der Waals surface area contributed by atoms with E-state index in [9.17, 15) is 4.79 Å². The van der Waals surface area contributed by atoms with Crippen molar-refractivity contribution in [3.63, 3.8) is 0 Å². The maximum Gasteiger partial charge on any atom is 0.162 e. The Labute approximate surface area is 129 Å². The number of carbonyl (C=O) groups excluding carboxylic acids is 1. The van der Waals surface area contributed by atoms with E-state index in [1.54, 1.807) is 0 Å². The van der Waals surface area contributed by atoms with Gasteiger partial charge in [0, 0.05) is 29.5 Å². The Kier molecular flexibility index (Phi) is 5.75. The van der Waals surface area contributed by atoms with E-state index < -0.39 is 0 Å². The summed E-state index contributed by atoms with van der Waals surface area (Å²) >= 11 is 3.38. The van der Waals surface area contributed by atoms with Crippen molar-refractivity contribution in [3.8, 4) is 0 Å². The summed E-state index contributed by atoms with van der Waals surface area (Å²) in [5.74, 6) is 0.229. The molecular weight excluding hydrogens is 318 g/mol. The highest BCUT2D eigenvalue weighted by molar-refractivity contribution is 9.10. The molecule has 1 aromatic carbocycles. The molecule has 0 spiro atoms. The number of morpholine rings is 1. The Hall–Kier alpha value is -0.710. The van der Waals surface area contributed by atoms with Gasteiger partial charge in [-0.1, -0.05) is 28.1 Å². The van der Waals surface area contributed by atoms with Crippen molar-refractivity contribution in [2.24, 2.45) is 0 Å². The molecule has 1 aliphatic heterocycles. The van der Waals surface area contributed by atoms with Crippen molar-refractivity contribution in [1.82, 2.24) is 4.90 Å². The van der Waals surface area contributed by atoms with Crippen molar-refractivity contribution >= 4 is 21.7 Å². The molecule has 20 heavy (non-hydrogen) atoms. The van der Waals surface area contributed by atoms with Crippen LogP contribution in [0.2, 0.25) is 0 Å². The number of nitrogens with zero attached hydrogens (tertiary/aromatic N) is 1. The number of carbonyl (C=O) groups is 1. The molecule has 0 amide bonds. The second-order valence-electron chi connectivity index (χ2n) is 5.55. The van der Waals surface area contributed by atoms with E-state index in [-0.39, 0.29) is 5.78 Å². The molecule has 110 valence electrons. The van der Waals surface area contributed by atoms with Gasteiger partial charge in [-0.15, -0.1) is 0 Å². The summed E-state index contributed by atoms with van der Waals surface area (Å²) in [5.41, 5.74) is 0.803. The average molecular weight is 340 g/mol. The summed E-state index contributed by atoms with van der Waals surface area (Å²) in [5, 5.41) is 0. The second-order valence-corrected chi connectivity index (χ2v) is 6.47. The summed E-state index contributed by atoms with van der Waals surface area (Å²) in [6.45, 7) is 7.12. The fourth-order valence-electron chi connectivity index (χ4n) is 2.71. The zero-order chi connectivity index (χ0) is 14.5. The Morgan fingerprint density at radius 3 is 2.45 bits per heavy atom. The molecule has 1 aromatic rings. The lowest BCUT2D eigenvalue weighted by atomic mass is 10.1. The normalized spacial score (nSPS) is 23.8. The van der Waals surface area contributed by atoms with E-state index in [4.69, 9.17) is 4.74 Å². The van der Waals surface area contributed by atoms with Crippen LogP contribution in [0.15, 0.2) is 28.7 Å². The number of benzene rings is 1. The number of hydrogen-bond donors (Lipinski definition) is 0. The first-order valence-corrected chi connectivity index (χ1v) is 8.00. The largest absolute Gasteiger partial charge is 0.373 e. The minimum Gasteiger partial charge on any atom is -0.373 e. The van der Waals surface area contributed by atoms with Gasteiger partial charge in [0.2, 0.25) is 0 Å². The molecule has 0 N–H and O–H groups in total. The molecule has 0 radical (unpaired) electrons. The van der Waals surface area contributed by atoms with Gasteiger partial charge in [-0.3, -0.25) is 9.69 Å². The topological polar surface area (TPSA) is 29.5 Å². The fraction of sp³-hybridized carbons (Fsp3) is 0.562. The van der Waals surface area contributed by atoms with Gasteiger partial charge in [-0.25, -0.2) is 0 Å². The van der Waals surface area contributed by atoms with Crippen LogP contribution in [-0.2, 0) is 4.74 Å². The van der Waals surface area contributed by atoms with Crippen molar-refractivity contribution in [3.05, 3.63) is 34.3 Å². The van der Waals surface area contributed by atoms with Gasteiger partial charge in [-0.2, -0.15) is 0 Å². The fourth-order valence-corrected chi connectivity index (χ4v) is 2.97. The lowest BCUT2D eigenvalue weighted by Gasteiger charge is -2.35. The lowest BCUT2D eigenvalue weighted by molar-refractivity contribution is -0.0680. The Morgan fingerprint density at radius 2 is 1.85 bits per heavy atom. The van der Waals surface area contributed by atoms with E-state index in [0.717, 1.165) is 36.1 Å². The number of halogens is 1. The zero-order valence-electron chi connectivity index (χ0n) is 12.1. The number of rotatable bonds is 5. The van der Waals surface area contributed by atoms with E-state index in [0.29, 0.717) is 18.6 Å². The van der Waals surface area contributed by atoms with Crippen LogP contribution < -0.4 is 0 Å². The Morgan fingerprint density at radius 1 is 1.25 bits per heavy atom. The van der Waals surface area contributed by atoms with E-state index in [1.165, 1.54) is 0 Å². The summed E-state index contributed by atoms with van der Waals surface area (Å²) in [4.78, 5) is 14.5. The first-order chi connectivity index (χ1) is 9.54. The van der Waals surface area contributed by atoms with Crippen LogP contribution in [0.3, 0.4) is 0 Å². The number of ketones is 1. The molecule has 2 atom stereocenters. The predicted octanol–water partition coefficient (Wildman–Crippen LogP) is 3.52. The van der Waals surface area contributed by atoms with Crippen LogP contribution >= 0.6 is 15.9 Å². The third-order valence-corrected chi connectivity index (χ3v) is 4.07. The third-order valence-electron chi connectivity index (χ3n) is 3.54. The molecule has 0 bridgehead atoms. The van der Waals surface area contributed by atoms with Gasteiger partial charge in [-0.05, 0) is 38.9 Å². The quantitative estimate of drug-likeness (QED) is 0.768. The van der Waals surface area contributed by atoms with Crippen LogP contribution in [0.1, 0.15) is 37.0 Å². The number of ether oxygens (including phenoxy) is 1. The summed E-state index contributed by atoms with van der Waals surface area (Å²) in [7, 11) is 0. The Bertz CT molecular complexity index is 436. The van der Waals surface area contributed by atoms with Crippen LogP contribution in [0.5, 0.6) is 0 Å². The van der Waals surface area contributed by atoms with Gasteiger partial charge < -0.3 is 4.74 Å². The Balaban J connectivity index is 1.75. The van der Waals surface area contributed by atoms with Crippen molar-refractivity contribution in [1.29, 1.82) is 0 Å². The highest BCUT2D eigenvalue weighted by atomic mass is 79.9. The molecule has 4 heteroatoms. The molecular formula is C16H22BrNO2. The van der Waals surface area contributed by atoms with Gasteiger partial charge in [0.15, 0.2) is 5.78 Å². The molecule has 1 fully saturated rings. The molecule has 3 nitrogen and oxygen atoms in total. The molecule has 1 heterocycles. The summed E-state index contributed by atoms with van der Waals surface area (Å²) in [6, 6.07) is 7.59. The van der Waals surface area contributed by atoms with E-state index in [1.807, 2.05) is 24.3 Å². The molecule has 1 aliphatic rings. The minimum absolute atomic E-state index is 0.229. The maximum absolute atomic E-state index is 12.1. The number of Topliss-reactive ketones (excluding diaryl/α,β-unsaturated/α-hetero) is 1. The second kappa shape index (κ2) is 7.34. The molecule has 0 aliphatic carbocycles. The van der Waals surface area contributed by atoms with Crippen LogP contribution in [0, 0.1) is 0 Å². The van der Waals surface area contributed by atoms with E-state index in [2.05, 4.69) is 34.7 Å². The van der Waals surface area contributed by atoms with Gasteiger partial charge in [0.1, 0.15) is 0 Å². The molecule has 2 rings (SSSR count). The molecule has 0 aromatic heterocycles. The van der Waals surface area contributed by atoms with Crippen LogP contribution in [0.25, 0.3) is 0 Å². The molecule has 1 saturated heterocycles.